The van der Waals surface area contributed by atoms with Crippen molar-refractivity contribution >= 4 is 19.5 Å². The summed E-state index contributed by atoms with van der Waals surface area (Å²) in [5.74, 6) is 0.218. The third kappa shape index (κ3) is 4.84. The van der Waals surface area contributed by atoms with Gasteiger partial charge in [-0.05, 0) is 27.7 Å². The molecular weight excluding hydrogens is 247 g/mol. The standard InChI is InChI=1S/C10H17O6P/c1-7(2)15-17(13,16-8(3)4)9(6-11)10(12)14-5/h7-8H,1-5H3. The minimum Gasteiger partial charge on any atom is -0.465 e. The van der Waals surface area contributed by atoms with E-state index in [1.54, 1.807) is 27.7 Å². The van der Waals surface area contributed by atoms with Crippen LogP contribution < -0.4 is 0 Å². The molecule has 0 aliphatic rings. The smallest absolute Gasteiger partial charge is 0.380 e. The maximum Gasteiger partial charge on any atom is 0.380 e. The van der Waals surface area contributed by atoms with Crippen LogP contribution >= 0.6 is 7.60 Å². The van der Waals surface area contributed by atoms with Crippen LogP contribution in [0.4, 0.5) is 0 Å². The lowest BCUT2D eigenvalue weighted by Crippen LogP contribution is -2.15. The van der Waals surface area contributed by atoms with Crippen molar-refractivity contribution < 1.29 is 27.9 Å². The molecule has 0 heterocycles. The molecule has 0 aromatic heterocycles. The highest BCUT2D eigenvalue weighted by Crippen LogP contribution is 2.57. The molecule has 7 heteroatoms. The van der Waals surface area contributed by atoms with Gasteiger partial charge in [-0.25, -0.2) is 9.59 Å². The second-order valence-corrected chi connectivity index (χ2v) is 5.61. The molecule has 0 saturated heterocycles. The largest absolute Gasteiger partial charge is 0.465 e. The summed E-state index contributed by atoms with van der Waals surface area (Å²) >= 11 is 0. The third-order valence-corrected chi connectivity index (χ3v) is 3.67. The fourth-order valence-corrected chi connectivity index (χ4v) is 2.79. The summed E-state index contributed by atoms with van der Waals surface area (Å²) < 4.78 is 26.8. The zero-order valence-corrected chi connectivity index (χ0v) is 11.4. The second-order valence-electron chi connectivity index (χ2n) is 3.75. The molecule has 0 aromatic rings. The minimum absolute atomic E-state index is 0.479. The lowest BCUT2D eigenvalue weighted by atomic mass is 10.5. The van der Waals surface area contributed by atoms with Gasteiger partial charge in [0.25, 0.3) is 0 Å². The van der Waals surface area contributed by atoms with E-state index < -0.39 is 31.1 Å². The predicted octanol–water partition coefficient (Wildman–Crippen LogP) is 1.92. The minimum atomic E-state index is -4.00. The number of rotatable bonds is 6. The molecule has 0 saturated carbocycles. The first kappa shape index (κ1) is 16.1. The molecule has 0 spiro atoms. The molecule has 17 heavy (non-hydrogen) atoms. The first-order valence-electron chi connectivity index (χ1n) is 5.07. The van der Waals surface area contributed by atoms with Crippen LogP contribution in [0.5, 0.6) is 0 Å². The number of ether oxygens (including phenoxy) is 1. The topological polar surface area (TPSA) is 78.9 Å². The zero-order valence-electron chi connectivity index (χ0n) is 10.6. The van der Waals surface area contributed by atoms with Gasteiger partial charge < -0.3 is 13.8 Å². The van der Waals surface area contributed by atoms with E-state index in [9.17, 15) is 14.2 Å². The van der Waals surface area contributed by atoms with Crippen LogP contribution in [0.1, 0.15) is 27.7 Å². The first-order valence-corrected chi connectivity index (χ1v) is 6.62. The van der Waals surface area contributed by atoms with Gasteiger partial charge in [0.05, 0.1) is 19.3 Å². The molecule has 0 N–H and O–H groups in total. The molecule has 0 atom stereocenters. The molecule has 98 valence electrons. The molecule has 0 unspecified atom stereocenters. The van der Waals surface area contributed by atoms with Gasteiger partial charge in [-0.2, -0.15) is 0 Å². The summed E-state index contributed by atoms with van der Waals surface area (Å²) in [7, 11) is -2.93. The normalized spacial score (nSPS) is 11.5. The molecule has 0 aliphatic carbocycles. The van der Waals surface area contributed by atoms with E-state index in [0.29, 0.717) is 0 Å². The highest BCUT2D eigenvalue weighted by molar-refractivity contribution is 7.60. The van der Waals surface area contributed by atoms with Gasteiger partial charge in [-0.3, -0.25) is 4.57 Å². The maximum absolute atomic E-state index is 12.3. The Morgan fingerprint density at radius 1 is 1.12 bits per heavy atom. The van der Waals surface area contributed by atoms with Crippen molar-refractivity contribution in [2.75, 3.05) is 7.11 Å². The van der Waals surface area contributed by atoms with Crippen LogP contribution in [0.2, 0.25) is 0 Å². The Morgan fingerprint density at radius 3 is 1.76 bits per heavy atom. The van der Waals surface area contributed by atoms with Crippen LogP contribution in [0.15, 0.2) is 5.31 Å². The van der Waals surface area contributed by atoms with Crippen LogP contribution in [-0.2, 0) is 27.9 Å². The molecule has 0 aliphatic heterocycles. The van der Waals surface area contributed by atoms with Gasteiger partial charge in [-0.15, -0.1) is 0 Å². The average molecular weight is 264 g/mol. The predicted molar refractivity (Wildman–Crippen MR) is 61.3 cm³/mol. The third-order valence-electron chi connectivity index (χ3n) is 1.45. The number of carbonyl (C=O) groups is 1. The van der Waals surface area contributed by atoms with Gasteiger partial charge in [-0.1, -0.05) is 0 Å². The van der Waals surface area contributed by atoms with Crippen LogP contribution in [0, 0.1) is 0 Å². The summed E-state index contributed by atoms with van der Waals surface area (Å²) in [6, 6.07) is 0. The maximum atomic E-state index is 12.3. The van der Waals surface area contributed by atoms with Crippen molar-refractivity contribution in [3.05, 3.63) is 5.31 Å². The van der Waals surface area contributed by atoms with E-state index in [-0.39, 0.29) is 0 Å². The van der Waals surface area contributed by atoms with Crippen LogP contribution in [0.25, 0.3) is 0 Å². The average Bonchev–Trinajstić information content (AvgIpc) is 2.15. The van der Waals surface area contributed by atoms with Crippen molar-refractivity contribution in [1.29, 1.82) is 0 Å². The highest BCUT2D eigenvalue weighted by Gasteiger charge is 2.39. The van der Waals surface area contributed by atoms with E-state index in [1.165, 1.54) is 5.94 Å². The van der Waals surface area contributed by atoms with E-state index in [1.807, 2.05) is 0 Å². The molecule has 0 rings (SSSR count). The molecule has 0 fully saturated rings. The van der Waals surface area contributed by atoms with Crippen LogP contribution in [-0.4, -0.2) is 31.2 Å². The van der Waals surface area contributed by atoms with Crippen molar-refractivity contribution in [1.82, 2.24) is 0 Å². The monoisotopic (exact) mass is 264 g/mol. The Balaban J connectivity index is 5.37. The van der Waals surface area contributed by atoms with Crippen molar-refractivity contribution in [3.63, 3.8) is 0 Å². The van der Waals surface area contributed by atoms with E-state index in [2.05, 4.69) is 4.74 Å². The van der Waals surface area contributed by atoms with Gasteiger partial charge in [0, 0.05) is 0 Å². The van der Waals surface area contributed by atoms with Crippen molar-refractivity contribution in [3.8, 4) is 0 Å². The zero-order chi connectivity index (χ0) is 13.6. The summed E-state index contributed by atoms with van der Waals surface area (Å²) in [4.78, 5) is 22.0. The van der Waals surface area contributed by atoms with Crippen molar-refractivity contribution in [2.24, 2.45) is 0 Å². The molecule has 0 bridgehead atoms. The molecular formula is C10H17O6P. The number of hydrogen-bond donors (Lipinski definition) is 0. The fraction of sp³-hybridized carbons (Fsp3) is 0.700. The summed E-state index contributed by atoms with van der Waals surface area (Å²) in [5.41, 5.74) is 0. The number of methoxy groups -OCH3 is 1. The van der Waals surface area contributed by atoms with E-state index >= 15 is 0 Å². The van der Waals surface area contributed by atoms with Crippen LogP contribution in [0.3, 0.4) is 0 Å². The van der Waals surface area contributed by atoms with E-state index in [0.717, 1.165) is 7.11 Å². The summed E-state index contributed by atoms with van der Waals surface area (Å²) in [5, 5.41) is -0.748. The van der Waals surface area contributed by atoms with E-state index in [4.69, 9.17) is 9.05 Å². The Kier molecular flexibility index (Phi) is 6.35. The molecule has 0 radical (unpaired) electrons. The molecule has 6 nitrogen and oxygen atoms in total. The number of hydrogen-bond acceptors (Lipinski definition) is 6. The van der Waals surface area contributed by atoms with Gasteiger partial charge >= 0.3 is 13.6 Å². The van der Waals surface area contributed by atoms with Gasteiger partial charge in [0.1, 0.15) is 5.94 Å². The molecule has 0 aromatic carbocycles. The fourth-order valence-electron chi connectivity index (χ4n) is 0.991. The van der Waals surface area contributed by atoms with Crippen molar-refractivity contribution in [2.45, 2.75) is 39.9 Å². The molecule has 0 amide bonds. The quantitative estimate of drug-likeness (QED) is 0.315. The lowest BCUT2D eigenvalue weighted by Gasteiger charge is -2.21. The second kappa shape index (κ2) is 6.72. The Labute approximate surface area is 100 Å². The summed E-state index contributed by atoms with van der Waals surface area (Å²) in [6.07, 6.45) is -0.958. The van der Waals surface area contributed by atoms with Gasteiger partial charge in [0.15, 0.2) is 0 Å². The number of esters is 1. The number of carbonyl (C=O) groups excluding carboxylic acids is 2. The summed E-state index contributed by atoms with van der Waals surface area (Å²) in [6.45, 7) is 6.43. The Hall–Kier alpha value is -0.930. The Bertz CT molecular complexity index is 353. The van der Waals surface area contributed by atoms with Gasteiger partial charge in [0.2, 0.25) is 5.31 Å². The SMILES string of the molecule is COC(=O)C(=C=O)P(=O)(OC(C)C)OC(C)C. The first-order chi connectivity index (χ1) is 7.76. The highest BCUT2D eigenvalue weighted by atomic mass is 31.2. The Morgan fingerprint density at radius 2 is 1.53 bits per heavy atom. The lowest BCUT2D eigenvalue weighted by molar-refractivity contribution is -0.135.